The first kappa shape index (κ1) is 24.0. The van der Waals surface area contributed by atoms with Crippen molar-refractivity contribution in [2.24, 2.45) is 0 Å². The summed E-state index contributed by atoms with van der Waals surface area (Å²) >= 11 is 1.89. The number of rotatable bonds is 4. The normalized spacial score (nSPS) is 18.5. The Morgan fingerprint density at radius 3 is 2.41 bits per heavy atom. The van der Waals surface area contributed by atoms with Crippen molar-refractivity contribution in [3.05, 3.63) is 139 Å². The molecule has 1 aliphatic heterocycles. The van der Waals surface area contributed by atoms with Crippen LogP contribution in [-0.2, 0) is 0 Å². The fraction of sp³-hybridized carbons (Fsp3) is 0.0526. The second-order valence-electron chi connectivity index (χ2n) is 10.5. The van der Waals surface area contributed by atoms with Crippen molar-refractivity contribution in [2.45, 2.75) is 13.0 Å². The first-order chi connectivity index (χ1) is 20.2. The van der Waals surface area contributed by atoms with Gasteiger partial charge in [0.15, 0.2) is 0 Å². The van der Waals surface area contributed by atoms with Gasteiger partial charge in [-0.3, -0.25) is 0 Å². The van der Waals surface area contributed by atoms with Crippen LogP contribution in [0.5, 0.6) is 0 Å². The first-order valence-corrected chi connectivity index (χ1v) is 14.8. The first-order valence-electron chi connectivity index (χ1n) is 14.0. The van der Waals surface area contributed by atoms with E-state index >= 15 is 0 Å². The third kappa shape index (κ3) is 3.01. The molecule has 41 heavy (non-hydrogen) atoms. The van der Waals surface area contributed by atoms with Gasteiger partial charge in [-0.05, 0) is 42.9 Å². The lowest BCUT2D eigenvalue weighted by molar-refractivity contribution is 0.781. The van der Waals surface area contributed by atoms with Crippen LogP contribution in [0.2, 0.25) is 0 Å². The van der Waals surface area contributed by atoms with Gasteiger partial charge in [0.1, 0.15) is 0 Å². The predicted molar refractivity (Wildman–Crippen MR) is 182 cm³/mol. The standard InChI is InChI=1S/C38H28N2S/c1-5-15-30-25(6-2)23-16-9-10-17-24(22-23)39-31-20-13-11-18-27(31)35-37(39)36-33(26(7-3)29(8-4)40(30)36)34-28-19-12-14-21-32(28)41-38(34)35/h5-22,24H,2-4H2,1H3/b15-5-,30-25-. The van der Waals surface area contributed by atoms with Crippen LogP contribution in [0.4, 0.5) is 0 Å². The highest BCUT2D eigenvalue weighted by Crippen LogP contribution is 2.52. The molecule has 4 heterocycles. The van der Waals surface area contributed by atoms with Gasteiger partial charge in [-0.1, -0.05) is 98.7 Å². The fourth-order valence-corrected chi connectivity index (χ4v) is 8.30. The molecule has 8 rings (SSSR count). The van der Waals surface area contributed by atoms with E-state index in [0.717, 1.165) is 28.1 Å². The Labute approximate surface area is 242 Å². The number of para-hydroxylation sites is 1. The van der Waals surface area contributed by atoms with E-state index < -0.39 is 0 Å². The average molecular weight is 545 g/mol. The van der Waals surface area contributed by atoms with Crippen LogP contribution in [-0.4, -0.2) is 9.13 Å². The molecular weight excluding hydrogens is 516 g/mol. The molecule has 3 aromatic heterocycles. The molecule has 6 aromatic rings. The van der Waals surface area contributed by atoms with Crippen LogP contribution in [0.3, 0.4) is 0 Å². The minimum Gasteiger partial charge on any atom is -0.328 e. The molecular formula is C38H28N2S. The molecule has 2 aliphatic rings. The highest BCUT2D eigenvalue weighted by molar-refractivity contribution is 7.27. The molecule has 0 radical (unpaired) electrons. The number of allylic oxidation sites excluding steroid dienone is 11. The Morgan fingerprint density at radius 1 is 0.829 bits per heavy atom. The van der Waals surface area contributed by atoms with Gasteiger partial charge >= 0.3 is 0 Å². The third-order valence-corrected chi connectivity index (χ3v) is 9.74. The van der Waals surface area contributed by atoms with Gasteiger partial charge < -0.3 is 9.13 Å². The Balaban J connectivity index is 1.83. The maximum atomic E-state index is 4.34. The van der Waals surface area contributed by atoms with Crippen molar-refractivity contribution in [2.75, 3.05) is 0 Å². The van der Waals surface area contributed by atoms with E-state index in [9.17, 15) is 0 Å². The van der Waals surface area contributed by atoms with Crippen LogP contribution in [0.15, 0.2) is 128 Å². The molecule has 196 valence electrons. The van der Waals surface area contributed by atoms with Crippen molar-refractivity contribution in [3.8, 4) is 0 Å². The van der Waals surface area contributed by atoms with Gasteiger partial charge in [-0.15, -0.1) is 11.3 Å². The Morgan fingerprint density at radius 2 is 1.63 bits per heavy atom. The maximum absolute atomic E-state index is 4.34. The number of nitrogens with zero attached hydrogens (tertiary/aromatic N) is 2. The zero-order valence-corrected chi connectivity index (χ0v) is 23.7. The summed E-state index contributed by atoms with van der Waals surface area (Å²) < 4.78 is 7.56. The number of hydrogen-bond acceptors (Lipinski definition) is 1. The number of thiophene rings is 1. The SMILES string of the molecule is C=C/C1=C(\C=C/C)n2c(C=C)c(C=C)c3c4c5ccccc5sc4c4c5ccccc5n(c4c32)C2C=CC=CC1=C2. The molecule has 2 bridgehead atoms. The average Bonchev–Trinajstić information content (AvgIpc) is 3.58. The zero-order chi connectivity index (χ0) is 27.8. The van der Waals surface area contributed by atoms with Crippen molar-refractivity contribution < 1.29 is 0 Å². The summed E-state index contributed by atoms with van der Waals surface area (Å²) in [4.78, 5) is 0. The molecule has 0 fully saturated rings. The third-order valence-electron chi connectivity index (χ3n) is 8.55. The van der Waals surface area contributed by atoms with Gasteiger partial charge in [-0.2, -0.15) is 0 Å². The number of hydrogen-bond donors (Lipinski definition) is 0. The number of aromatic nitrogens is 2. The molecule has 0 N–H and O–H groups in total. The van der Waals surface area contributed by atoms with Crippen LogP contribution >= 0.6 is 11.3 Å². The van der Waals surface area contributed by atoms with Crippen molar-refractivity contribution in [1.29, 1.82) is 0 Å². The van der Waals surface area contributed by atoms with E-state index in [1.807, 2.05) is 29.6 Å². The molecule has 0 saturated heterocycles. The van der Waals surface area contributed by atoms with Crippen LogP contribution in [0.25, 0.3) is 70.7 Å². The van der Waals surface area contributed by atoms with Crippen molar-refractivity contribution >= 4 is 82.1 Å². The maximum Gasteiger partial charge on any atom is 0.0793 e. The van der Waals surface area contributed by atoms with Gasteiger partial charge in [0.25, 0.3) is 0 Å². The lowest BCUT2D eigenvalue weighted by Gasteiger charge is -2.16. The summed E-state index contributed by atoms with van der Waals surface area (Å²) in [5.41, 5.74) is 9.09. The molecule has 0 spiro atoms. The molecule has 2 nitrogen and oxygen atoms in total. The predicted octanol–water partition coefficient (Wildman–Crippen LogP) is 11.0. The Bertz CT molecular complexity index is 2320. The van der Waals surface area contributed by atoms with E-state index in [4.69, 9.17) is 0 Å². The summed E-state index contributed by atoms with van der Waals surface area (Å²) in [5, 5.41) is 6.37. The molecule has 3 heteroatoms. The monoisotopic (exact) mass is 544 g/mol. The highest BCUT2D eigenvalue weighted by Gasteiger charge is 2.30. The van der Waals surface area contributed by atoms with E-state index in [2.05, 4.69) is 127 Å². The summed E-state index contributed by atoms with van der Waals surface area (Å²) in [6.45, 7) is 15.1. The summed E-state index contributed by atoms with van der Waals surface area (Å²) in [7, 11) is 0. The van der Waals surface area contributed by atoms with E-state index in [-0.39, 0.29) is 6.04 Å². The van der Waals surface area contributed by atoms with Gasteiger partial charge in [0, 0.05) is 47.5 Å². The second-order valence-corrected chi connectivity index (χ2v) is 11.6. The van der Waals surface area contributed by atoms with Gasteiger partial charge in [0.2, 0.25) is 0 Å². The lowest BCUT2D eigenvalue weighted by atomic mass is 10.0. The van der Waals surface area contributed by atoms with Gasteiger partial charge in [0.05, 0.1) is 34.0 Å². The van der Waals surface area contributed by atoms with E-state index in [1.54, 1.807) is 0 Å². The number of benzene rings is 3. The second kappa shape index (κ2) is 8.82. The summed E-state index contributed by atoms with van der Waals surface area (Å²) in [6.07, 6.45) is 21.5. The minimum atomic E-state index is 0.0139. The molecule has 1 unspecified atom stereocenters. The Kier molecular flexibility index (Phi) is 5.16. The van der Waals surface area contributed by atoms with Crippen LogP contribution < -0.4 is 0 Å². The largest absolute Gasteiger partial charge is 0.328 e. The smallest absolute Gasteiger partial charge is 0.0793 e. The fourth-order valence-electron chi connectivity index (χ4n) is 7.03. The summed E-state index contributed by atoms with van der Waals surface area (Å²) in [5.74, 6) is 0. The summed E-state index contributed by atoms with van der Waals surface area (Å²) in [6, 6.07) is 17.7. The topological polar surface area (TPSA) is 9.86 Å². The molecule has 1 aliphatic carbocycles. The molecule has 0 saturated carbocycles. The number of fused-ring (bicyclic) bond motifs is 10. The van der Waals surface area contributed by atoms with Gasteiger partial charge in [-0.25, -0.2) is 0 Å². The highest BCUT2D eigenvalue weighted by atomic mass is 32.1. The van der Waals surface area contributed by atoms with E-state index in [1.165, 1.54) is 52.9 Å². The lowest BCUT2D eigenvalue weighted by Crippen LogP contribution is -2.04. The molecule has 1 atom stereocenters. The van der Waals surface area contributed by atoms with Crippen molar-refractivity contribution in [1.82, 2.24) is 9.13 Å². The quantitative estimate of drug-likeness (QED) is 0.209. The van der Waals surface area contributed by atoms with E-state index in [0.29, 0.717) is 0 Å². The zero-order valence-electron chi connectivity index (χ0n) is 22.9. The van der Waals surface area contributed by atoms with Crippen LogP contribution in [0.1, 0.15) is 24.2 Å². The minimum absolute atomic E-state index is 0.0139. The molecule has 3 aromatic carbocycles. The molecule has 0 amide bonds. The van der Waals surface area contributed by atoms with Crippen LogP contribution in [0, 0.1) is 0 Å². The Hall–Kier alpha value is -4.86. The van der Waals surface area contributed by atoms with Crippen molar-refractivity contribution in [3.63, 3.8) is 0 Å².